The summed E-state index contributed by atoms with van der Waals surface area (Å²) in [6, 6.07) is -0.610. The van der Waals surface area contributed by atoms with Crippen molar-refractivity contribution in [2.45, 2.75) is 58.7 Å². The Bertz CT molecular complexity index is 379. The second-order valence-electron chi connectivity index (χ2n) is 5.95. The Hall–Kier alpha value is -1.36. The summed E-state index contributed by atoms with van der Waals surface area (Å²) in [5.41, 5.74) is 0. The molecule has 20 heavy (non-hydrogen) atoms. The van der Waals surface area contributed by atoms with Gasteiger partial charge in [-0.15, -0.1) is 0 Å². The minimum absolute atomic E-state index is 0.0291. The Kier molecular flexibility index (Phi) is 6.20. The molecule has 1 heterocycles. The molecule has 0 unspecified atom stereocenters. The van der Waals surface area contributed by atoms with Crippen LogP contribution in [0.2, 0.25) is 0 Å². The molecule has 0 aromatic heterocycles. The van der Waals surface area contributed by atoms with E-state index in [-0.39, 0.29) is 23.9 Å². The molecule has 0 aromatic carbocycles. The third kappa shape index (κ3) is 4.63. The van der Waals surface area contributed by atoms with Crippen LogP contribution in [0.25, 0.3) is 0 Å². The van der Waals surface area contributed by atoms with E-state index in [1.54, 1.807) is 0 Å². The average Bonchev–Trinajstić information content (AvgIpc) is 2.71. The molecule has 0 saturated carbocycles. The van der Waals surface area contributed by atoms with Gasteiger partial charge in [0.05, 0.1) is 0 Å². The molecule has 114 valence electrons. The highest BCUT2D eigenvalue weighted by Gasteiger charge is 2.40. The van der Waals surface area contributed by atoms with Crippen LogP contribution in [0.4, 0.5) is 0 Å². The van der Waals surface area contributed by atoms with Gasteiger partial charge in [-0.2, -0.15) is 0 Å². The summed E-state index contributed by atoms with van der Waals surface area (Å²) in [5.74, 6) is -0.330. The third-order valence-corrected chi connectivity index (χ3v) is 3.65. The van der Waals surface area contributed by atoms with E-state index in [1.807, 2.05) is 19.1 Å². The summed E-state index contributed by atoms with van der Waals surface area (Å²) in [4.78, 5) is 22.6. The first kappa shape index (κ1) is 16.7. The largest absolute Gasteiger partial charge is 0.480 e. The second kappa shape index (κ2) is 7.43. The summed E-state index contributed by atoms with van der Waals surface area (Å²) in [6.07, 6.45) is 5.38. The van der Waals surface area contributed by atoms with Crippen LogP contribution in [0.3, 0.4) is 0 Å². The Labute approximate surface area is 120 Å². The highest BCUT2D eigenvalue weighted by molar-refractivity contribution is 5.75. The molecule has 1 saturated heterocycles. The lowest BCUT2D eigenvalue weighted by Gasteiger charge is -2.29. The quantitative estimate of drug-likeness (QED) is 0.646. The van der Waals surface area contributed by atoms with Gasteiger partial charge in [0.1, 0.15) is 6.04 Å². The second-order valence-corrected chi connectivity index (χ2v) is 5.95. The number of allylic oxidation sites excluding steroid dienone is 1. The predicted molar refractivity (Wildman–Crippen MR) is 78.3 cm³/mol. The van der Waals surface area contributed by atoms with E-state index in [4.69, 9.17) is 0 Å². The van der Waals surface area contributed by atoms with E-state index >= 15 is 0 Å². The zero-order valence-electron chi connectivity index (χ0n) is 12.7. The van der Waals surface area contributed by atoms with Crippen molar-refractivity contribution in [2.24, 2.45) is 11.8 Å². The van der Waals surface area contributed by atoms with Gasteiger partial charge >= 0.3 is 5.97 Å². The third-order valence-electron chi connectivity index (χ3n) is 3.65. The standard InChI is InChI=1S/C15H26N2O3/c1-5-6-11-8-13(15(19)20)17-14(11)12(7-9(2)3)16-10(4)18/h5-6,9,11-14,17H,7-8H2,1-4H3,(H,16,18)(H,19,20)/t11-,12+,13-,14-/m1/s1. The molecule has 4 atom stereocenters. The van der Waals surface area contributed by atoms with Crippen LogP contribution < -0.4 is 10.6 Å². The summed E-state index contributed by atoms with van der Waals surface area (Å²) >= 11 is 0. The van der Waals surface area contributed by atoms with E-state index in [0.29, 0.717) is 12.3 Å². The number of carbonyl (C=O) groups excluding carboxylic acids is 1. The normalized spacial score (nSPS) is 27.9. The van der Waals surface area contributed by atoms with Crippen LogP contribution in [0.5, 0.6) is 0 Å². The smallest absolute Gasteiger partial charge is 0.320 e. The maximum atomic E-state index is 11.4. The fraction of sp³-hybridized carbons (Fsp3) is 0.733. The van der Waals surface area contributed by atoms with E-state index in [9.17, 15) is 14.7 Å². The fourth-order valence-electron chi connectivity index (χ4n) is 2.94. The monoisotopic (exact) mass is 282 g/mol. The SMILES string of the molecule is CC=C[C@@H]1C[C@H](C(=O)O)N[C@H]1[C@H](CC(C)C)NC(C)=O. The van der Waals surface area contributed by atoms with Crippen LogP contribution in [0.1, 0.15) is 40.5 Å². The molecular weight excluding hydrogens is 256 g/mol. The van der Waals surface area contributed by atoms with Gasteiger partial charge in [-0.25, -0.2) is 0 Å². The zero-order chi connectivity index (χ0) is 15.3. The lowest BCUT2D eigenvalue weighted by atomic mass is 9.88. The molecule has 1 aliphatic rings. The van der Waals surface area contributed by atoms with Gasteiger partial charge in [-0.3, -0.25) is 14.9 Å². The van der Waals surface area contributed by atoms with Gasteiger partial charge in [-0.1, -0.05) is 26.0 Å². The Balaban J connectivity index is 2.89. The molecule has 0 aromatic rings. The van der Waals surface area contributed by atoms with Crippen molar-refractivity contribution in [2.75, 3.05) is 0 Å². The summed E-state index contributed by atoms with van der Waals surface area (Å²) in [7, 11) is 0. The van der Waals surface area contributed by atoms with Crippen LogP contribution in [-0.4, -0.2) is 35.1 Å². The Morgan fingerprint density at radius 1 is 1.45 bits per heavy atom. The number of hydrogen-bond donors (Lipinski definition) is 3. The molecule has 1 fully saturated rings. The molecule has 1 amide bonds. The lowest BCUT2D eigenvalue weighted by Crippen LogP contribution is -2.51. The highest BCUT2D eigenvalue weighted by Crippen LogP contribution is 2.27. The predicted octanol–water partition coefficient (Wildman–Crippen LogP) is 1.54. The fourth-order valence-corrected chi connectivity index (χ4v) is 2.94. The van der Waals surface area contributed by atoms with Crippen LogP contribution in [0.15, 0.2) is 12.2 Å². The minimum atomic E-state index is -0.826. The first-order valence-corrected chi connectivity index (χ1v) is 7.23. The van der Waals surface area contributed by atoms with E-state index < -0.39 is 12.0 Å². The number of carbonyl (C=O) groups is 2. The topological polar surface area (TPSA) is 78.4 Å². The van der Waals surface area contributed by atoms with Gasteiger partial charge < -0.3 is 10.4 Å². The Morgan fingerprint density at radius 3 is 2.55 bits per heavy atom. The van der Waals surface area contributed by atoms with E-state index in [2.05, 4.69) is 24.5 Å². The maximum Gasteiger partial charge on any atom is 0.320 e. The van der Waals surface area contributed by atoms with Crippen molar-refractivity contribution in [3.05, 3.63) is 12.2 Å². The van der Waals surface area contributed by atoms with Gasteiger partial charge in [0.15, 0.2) is 0 Å². The minimum Gasteiger partial charge on any atom is -0.480 e. The van der Waals surface area contributed by atoms with Crippen LogP contribution in [-0.2, 0) is 9.59 Å². The van der Waals surface area contributed by atoms with E-state index in [0.717, 1.165) is 6.42 Å². The average molecular weight is 282 g/mol. The van der Waals surface area contributed by atoms with Gasteiger partial charge in [0.2, 0.25) is 5.91 Å². The molecule has 3 N–H and O–H groups in total. The van der Waals surface area contributed by atoms with Crippen molar-refractivity contribution in [1.82, 2.24) is 10.6 Å². The molecule has 0 spiro atoms. The number of hydrogen-bond acceptors (Lipinski definition) is 3. The molecule has 0 radical (unpaired) electrons. The summed E-state index contributed by atoms with van der Waals surface area (Å²) in [6.45, 7) is 7.63. The van der Waals surface area contributed by atoms with Gasteiger partial charge in [-0.05, 0) is 31.6 Å². The number of nitrogens with one attached hydrogen (secondary N) is 2. The van der Waals surface area contributed by atoms with Gasteiger partial charge in [0, 0.05) is 19.0 Å². The number of carboxylic acids is 1. The Morgan fingerprint density at radius 2 is 2.10 bits per heavy atom. The van der Waals surface area contributed by atoms with E-state index in [1.165, 1.54) is 6.92 Å². The van der Waals surface area contributed by atoms with Gasteiger partial charge in [0.25, 0.3) is 0 Å². The number of rotatable bonds is 6. The van der Waals surface area contributed by atoms with Crippen molar-refractivity contribution in [1.29, 1.82) is 0 Å². The van der Waals surface area contributed by atoms with Crippen LogP contribution >= 0.6 is 0 Å². The number of amides is 1. The van der Waals surface area contributed by atoms with Crippen molar-refractivity contribution in [3.8, 4) is 0 Å². The number of carboxylic acid groups (broad SMARTS) is 1. The summed E-state index contributed by atoms with van der Waals surface area (Å²) in [5, 5.41) is 15.3. The molecule has 5 nitrogen and oxygen atoms in total. The molecule has 1 aliphatic heterocycles. The van der Waals surface area contributed by atoms with Crippen molar-refractivity contribution < 1.29 is 14.7 Å². The summed E-state index contributed by atoms with van der Waals surface area (Å²) < 4.78 is 0. The molecule has 1 rings (SSSR count). The molecular formula is C15H26N2O3. The van der Waals surface area contributed by atoms with Crippen molar-refractivity contribution in [3.63, 3.8) is 0 Å². The molecule has 5 heteroatoms. The highest BCUT2D eigenvalue weighted by atomic mass is 16.4. The first-order valence-electron chi connectivity index (χ1n) is 7.23. The molecule has 0 bridgehead atoms. The number of aliphatic carboxylic acids is 1. The first-order chi connectivity index (χ1) is 9.35. The lowest BCUT2D eigenvalue weighted by molar-refractivity contribution is -0.139. The molecule has 0 aliphatic carbocycles. The van der Waals surface area contributed by atoms with Crippen LogP contribution in [0, 0.1) is 11.8 Å². The zero-order valence-corrected chi connectivity index (χ0v) is 12.7. The van der Waals surface area contributed by atoms with Crippen molar-refractivity contribution >= 4 is 11.9 Å². The maximum absolute atomic E-state index is 11.4.